The van der Waals surface area contributed by atoms with Crippen molar-refractivity contribution < 1.29 is 14.3 Å². The topological polar surface area (TPSA) is 58.6 Å². The van der Waals surface area contributed by atoms with Gasteiger partial charge in [-0.15, -0.1) is 0 Å². The van der Waals surface area contributed by atoms with Crippen LogP contribution in [0.25, 0.3) is 0 Å². The van der Waals surface area contributed by atoms with Crippen LogP contribution in [-0.2, 0) is 17.8 Å². The number of methoxy groups -OCH3 is 1. The minimum Gasteiger partial charge on any atom is -0.497 e. The summed E-state index contributed by atoms with van der Waals surface area (Å²) >= 11 is 0. The Balaban J connectivity index is 1.51. The van der Waals surface area contributed by atoms with Gasteiger partial charge in [0.05, 0.1) is 20.1 Å². The van der Waals surface area contributed by atoms with Gasteiger partial charge in [0.2, 0.25) is 5.91 Å². The van der Waals surface area contributed by atoms with Crippen molar-refractivity contribution in [1.29, 1.82) is 0 Å². The van der Waals surface area contributed by atoms with E-state index in [9.17, 15) is 9.59 Å². The minimum atomic E-state index is -0.0728. The fourth-order valence-corrected chi connectivity index (χ4v) is 3.55. The molecular weight excluding hydrogens is 400 g/mol. The van der Waals surface area contributed by atoms with Crippen LogP contribution in [0, 0.1) is 5.92 Å². The Morgan fingerprint density at radius 2 is 1.56 bits per heavy atom. The van der Waals surface area contributed by atoms with E-state index in [1.54, 1.807) is 12.0 Å². The first-order chi connectivity index (χ1) is 15.6. The first-order valence-electron chi connectivity index (χ1n) is 11.0. The highest BCUT2D eigenvalue weighted by Crippen LogP contribution is 2.27. The Labute approximate surface area is 189 Å². The van der Waals surface area contributed by atoms with Gasteiger partial charge in [0.15, 0.2) is 0 Å². The standard InChI is InChI=1S/C27H28N2O3/c1-32-25-15-11-22(12-16-25)19-29(27(31)23-5-3-2-4-6-23)24-13-9-20(10-14-24)17-26(30)28-18-21-7-8-21/h2-6,9-16,21H,7-8,17-19H2,1H3,(H,28,30). The molecule has 0 saturated heterocycles. The van der Waals surface area contributed by atoms with E-state index in [0.29, 0.717) is 24.4 Å². The van der Waals surface area contributed by atoms with Crippen molar-refractivity contribution >= 4 is 17.5 Å². The Bertz CT molecular complexity index is 1040. The quantitative estimate of drug-likeness (QED) is 0.541. The first kappa shape index (κ1) is 21.6. The Morgan fingerprint density at radius 1 is 0.906 bits per heavy atom. The lowest BCUT2D eigenvalue weighted by Crippen LogP contribution is -2.30. The Morgan fingerprint density at radius 3 is 2.19 bits per heavy atom. The molecule has 1 aliphatic carbocycles. The summed E-state index contributed by atoms with van der Waals surface area (Å²) in [6, 6.07) is 24.6. The van der Waals surface area contributed by atoms with Crippen molar-refractivity contribution in [1.82, 2.24) is 5.32 Å². The first-order valence-corrected chi connectivity index (χ1v) is 11.0. The lowest BCUT2D eigenvalue weighted by Gasteiger charge is -2.23. The van der Waals surface area contributed by atoms with Crippen LogP contribution < -0.4 is 15.0 Å². The van der Waals surface area contributed by atoms with Gasteiger partial charge in [-0.3, -0.25) is 9.59 Å². The molecule has 5 nitrogen and oxygen atoms in total. The average molecular weight is 429 g/mol. The van der Waals surface area contributed by atoms with E-state index in [2.05, 4.69) is 5.32 Å². The number of amides is 2. The zero-order valence-corrected chi connectivity index (χ0v) is 18.3. The molecule has 0 spiro atoms. The predicted octanol–water partition coefficient (Wildman–Crippen LogP) is 4.61. The molecule has 1 saturated carbocycles. The molecule has 0 aliphatic heterocycles. The fourth-order valence-electron chi connectivity index (χ4n) is 3.55. The smallest absolute Gasteiger partial charge is 0.258 e. The van der Waals surface area contributed by atoms with Crippen LogP contribution in [0.2, 0.25) is 0 Å². The second-order valence-corrected chi connectivity index (χ2v) is 8.20. The summed E-state index contributed by atoms with van der Waals surface area (Å²) < 4.78 is 5.24. The lowest BCUT2D eigenvalue weighted by atomic mass is 10.1. The van der Waals surface area contributed by atoms with Crippen molar-refractivity contribution in [2.45, 2.75) is 25.8 Å². The molecule has 164 valence electrons. The van der Waals surface area contributed by atoms with E-state index >= 15 is 0 Å². The summed E-state index contributed by atoms with van der Waals surface area (Å²) in [7, 11) is 1.63. The molecule has 2 amide bonds. The molecule has 5 heteroatoms. The number of ether oxygens (including phenoxy) is 1. The SMILES string of the molecule is COc1ccc(CN(C(=O)c2ccccc2)c2ccc(CC(=O)NCC3CC3)cc2)cc1. The third-order valence-corrected chi connectivity index (χ3v) is 5.66. The largest absolute Gasteiger partial charge is 0.497 e. The summed E-state index contributed by atoms with van der Waals surface area (Å²) in [4.78, 5) is 27.2. The van der Waals surface area contributed by atoms with Gasteiger partial charge in [-0.05, 0) is 66.3 Å². The van der Waals surface area contributed by atoms with Crippen LogP contribution in [0.4, 0.5) is 5.69 Å². The highest BCUT2D eigenvalue weighted by Gasteiger charge is 2.22. The van der Waals surface area contributed by atoms with E-state index in [1.807, 2.05) is 78.9 Å². The number of nitrogens with zero attached hydrogens (tertiary/aromatic N) is 1. The van der Waals surface area contributed by atoms with Gasteiger partial charge in [-0.1, -0.05) is 42.5 Å². The van der Waals surface area contributed by atoms with Crippen molar-refractivity contribution in [3.63, 3.8) is 0 Å². The maximum absolute atomic E-state index is 13.3. The van der Waals surface area contributed by atoms with E-state index in [4.69, 9.17) is 4.74 Å². The van der Waals surface area contributed by atoms with Gasteiger partial charge in [-0.2, -0.15) is 0 Å². The molecule has 32 heavy (non-hydrogen) atoms. The number of hydrogen-bond donors (Lipinski definition) is 1. The second-order valence-electron chi connectivity index (χ2n) is 8.20. The number of benzene rings is 3. The number of carbonyl (C=O) groups excluding carboxylic acids is 2. The third kappa shape index (κ3) is 5.76. The zero-order valence-electron chi connectivity index (χ0n) is 18.3. The number of anilines is 1. The van der Waals surface area contributed by atoms with Crippen LogP contribution in [0.1, 0.15) is 34.3 Å². The monoisotopic (exact) mass is 428 g/mol. The van der Waals surface area contributed by atoms with E-state index in [0.717, 1.165) is 29.1 Å². The molecule has 0 atom stereocenters. The van der Waals surface area contributed by atoms with Gasteiger partial charge >= 0.3 is 0 Å². The Kier molecular flexibility index (Phi) is 6.85. The van der Waals surface area contributed by atoms with Crippen LogP contribution in [0.5, 0.6) is 5.75 Å². The minimum absolute atomic E-state index is 0.0418. The van der Waals surface area contributed by atoms with Gasteiger partial charge in [0.1, 0.15) is 5.75 Å². The molecule has 1 aliphatic rings. The summed E-state index contributed by atoms with van der Waals surface area (Å²) in [5, 5.41) is 3.00. The van der Waals surface area contributed by atoms with Gasteiger partial charge in [-0.25, -0.2) is 0 Å². The summed E-state index contributed by atoms with van der Waals surface area (Å²) in [5.74, 6) is 1.41. The van der Waals surface area contributed by atoms with E-state index in [1.165, 1.54) is 12.8 Å². The maximum atomic E-state index is 13.3. The van der Waals surface area contributed by atoms with E-state index in [-0.39, 0.29) is 11.8 Å². The van der Waals surface area contributed by atoms with Gasteiger partial charge in [0.25, 0.3) is 5.91 Å². The molecule has 0 radical (unpaired) electrons. The zero-order chi connectivity index (χ0) is 22.3. The van der Waals surface area contributed by atoms with Crippen LogP contribution in [-0.4, -0.2) is 25.5 Å². The normalized spacial score (nSPS) is 12.8. The molecule has 3 aromatic carbocycles. The van der Waals surface area contributed by atoms with Crippen LogP contribution >= 0.6 is 0 Å². The predicted molar refractivity (Wildman–Crippen MR) is 126 cm³/mol. The molecule has 1 fully saturated rings. The van der Waals surface area contributed by atoms with E-state index < -0.39 is 0 Å². The van der Waals surface area contributed by atoms with Crippen molar-refractivity contribution in [2.75, 3.05) is 18.6 Å². The molecule has 3 aromatic rings. The van der Waals surface area contributed by atoms with Crippen molar-refractivity contribution in [2.24, 2.45) is 5.92 Å². The molecule has 0 unspecified atom stereocenters. The molecular formula is C27H28N2O3. The maximum Gasteiger partial charge on any atom is 0.258 e. The van der Waals surface area contributed by atoms with Gasteiger partial charge < -0.3 is 15.0 Å². The second kappa shape index (κ2) is 10.1. The molecule has 0 aromatic heterocycles. The summed E-state index contributed by atoms with van der Waals surface area (Å²) in [5.41, 5.74) is 3.35. The summed E-state index contributed by atoms with van der Waals surface area (Å²) in [6.07, 6.45) is 2.78. The third-order valence-electron chi connectivity index (χ3n) is 5.66. The highest BCUT2D eigenvalue weighted by atomic mass is 16.5. The molecule has 0 bridgehead atoms. The molecule has 4 rings (SSSR count). The molecule has 1 N–H and O–H groups in total. The lowest BCUT2D eigenvalue weighted by molar-refractivity contribution is -0.120. The highest BCUT2D eigenvalue weighted by molar-refractivity contribution is 6.06. The Hall–Kier alpha value is -3.60. The summed E-state index contributed by atoms with van der Waals surface area (Å²) in [6.45, 7) is 1.21. The van der Waals surface area contributed by atoms with Crippen molar-refractivity contribution in [3.8, 4) is 5.75 Å². The number of nitrogens with one attached hydrogen (secondary N) is 1. The van der Waals surface area contributed by atoms with Crippen molar-refractivity contribution in [3.05, 3.63) is 95.6 Å². The molecule has 0 heterocycles. The number of carbonyl (C=O) groups is 2. The van der Waals surface area contributed by atoms with Crippen LogP contribution in [0.15, 0.2) is 78.9 Å². The number of rotatable bonds is 9. The fraction of sp³-hybridized carbons (Fsp3) is 0.259. The van der Waals surface area contributed by atoms with Gasteiger partial charge in [0, 0.05) is 17.8 Å². The number of hydrogen-bond acceptors (Lipinski definition) is 3. The average Bonchev–Trinajstić information content (AvgIpc) is 3.67. The van der Waals surface area contributed by atoms with Crippen LogP contribution in [0.3, 0.4) is 0 Å².